The summed E-state index contributed by atoms with van der Waals surface area (Å²) >= 11 is 1.76. The maximum Gasteiger partial charge on any atom is 0.191 e. The van der Waals surface area contributed by atoms with Crippen molar-refractivity contribution in [1.82, 2.24) is 15.6 Å². The maximum atomic E-state index is 4.61. The number of halogens is 1. The van der Waals surface area contributed by atoms with E-state index in [1.165, 1.54) is 10.7 Å². The summed E-state index contributed by atoms with van der Waals surface area (Å²) in [6.07, 6.45) is 2.10. The summed E-state index contributed by atoms with van der Waals surface area (Å²) in [5.74, 6) is 1.47. The molecule has 2 rings (SSSR count). The Morgan fingerprint density at radius 1 is 1.50 bits per heavy atom. The second-order valence-corrected chi connectivity index (χ2v) is 5.41. The van der Waals surface area contributed by atoms with Crippen LogP contribution in [0.2, 0.25) is 0 Å². The SMILES string of the molecule is CC(C)c1nc(CCNC2=NCCCN2)cs1.I. The van der Waals surface area contributed by atoms with Crippen molar-refractivity contribution in [3.63, 3.8) is 0 Å². The van der Waals surface area contributed by atoms with E-state index in [-0.39, 0.29) is 24.0 Å². The first kappa shape index (κ1) is 15.7. The van der Waals surface area contributed by atoms with E-state index in [0.717, 1.165) is 38.4 Å². The van der Waals surface area contributed by atoms with Crippen LogP contribution >= 0.6 is 35.3 Å². The third-order valence-electron chi connectivity index (χ3n) is 2.63. The number of nitrogens with zero attached hydrogens (tertiary/aromatic N) is 2. The van der Waals surface area contributed by atoms with Gasteiger partial charge in [0.2, 0.25) is 0 Å². The Morgan fingerprint density at radius 2 is 2.33 bits per heavy atom. The molecule has 0 saturated carbocycles. The van der Waals surface area contributed by atoms with Gasteiger partial charge in [-0.15, -0.1) is 35.3 Å². The Hall–Kier alpha value is -0.370. The average molecular weight is 380 g/mol. The summed E-state index contributed by atoms with van der Waals surface area (Å²) in [5, 5.41) is 9.95. The molecule has 1 aliphatic rings. The lowest BCUT2D eigenvalue weighted by Gasteiger charge is -2.15. The minimum Gasteiger partial charge on any atom is -0.356 e. The fourth-order valence-electron chi connectivity index (χ4n) is 1.66. The first-order valence-corrected chi connectivity index (χ1v) is 7.10. The predicted molar refractivity (Wildman–Crippen MR) is 88.2 cm³/mol. The summed E-state index contributed by atoms with van der Waals surface area (Å²) in [6, 6.07) is 0. The molecule has 0 aromatic carbocycles. The molecule has 0 bridgehead atoms. The van der Waals surface area contributed by atoms with Crippen molar-refractivity contribution in [3.05, 3.63) is 16.1 Å². The van der Waals surface area contributed by atoms with Gasteiger partial charge < -0.3 is 10.6 Å². The first-order chi connectivity index (χ1) is 8.25. The van der Waals surface area contributed by atoms with E-state index >= 15 is 0 Å². The molecular formula is C12H21IN4S. The van der Waals surface area contributed by atoms with Gasteiger partial charge in [0.1, 0.15) is 0 Å². The van der Waals surface area contributed by atoms with Crippen molar-refractivity contribution in [2.45, 2.75) is 32.6 Å². The van der Waals surface area contributed by atoms with Crippen LogP contribution in [-0.4, -0.2) is 30.6 Å². The molecule has 2 heterocycles. The predicted octanol–water partition coefficient (Wildman–Crippen LogP) is 2.37. The van der Waals surface area contributed by atoms with Gasteiger partial charge in [-0.1, -0.05) is 13.8 Å². The molecule has 1 aromatic rings. The largest absolute Gasteiger partial charge is 0.356 e. The first-order valence-electron chi connectivity index (χ1n) is 6.22. The van der Waals surface area contributed by atoms with Crippen molar-refractivity contribution in [1.29, 1.82) is 0 Å². The van der Waals surface area contributed by atoms with Crippen LogP contribution in [0.4, 0.5) is 0 Å². The van der Waals surface area contributed by atoms with Crippen molar-refractivity contribution >= 4 is 41.3 Å². The molecule has 1 aliphatic heterocycles. The van der Waals surface area contributed by atoms with Crippen LogP contribution in [-0.2, 0) is 6.42 Å². The normalized spacial score (nSPS) is 14.7. The Morgan fingerprint density at radius 3 is 2.94 bits per heavy atom. The van der Waals surface area contributed by atoms with Gasteiger partial charge in [-0.3, -0.25) is 4.99 Å². The van der Waals surface area contributed by atoms with E-state index in [0.29, 0.717) is 5.92 Å². The lowest BCUT2D eigenvalue weighted by Crippen LogP contribution is -2.41. The lowest BCUT2D eigenvalue weighted by atomic mass is 10.2. The number of aromatic nitrogens is 1. The van der Waals surface area contributed by atoms with Gasteiger partial charge in [0.05, 0.1) is 10.7 Å². The molecule has 0 saturated heterocycles. The second kappa shape index (κ2) is 7.93. The highest BCUT2D eigenvalue weighted by atomic mass is 127. The Kier molecular flexibility index (Phi) is 6.91. The summed E-state index contributed by atoms with van der Waals surface area (Å²) in [5.41, 5.74) is 1.18. The number of hydrogen-bond donors (Lipinski definition) is 2. The summed E-state index contributed by atoms with van der Waals surface area (Å²) in [4.78, 5) is 8.98. The van der Waals surface area contributed by atoms with Crippen LogP contribution in [0.25, 0.3) is 0 Å². The molecule has 0 spiro atoms. The lowest BCUT2D eigenvalue weighted by molar-refractivity contribution is 0.698. The van der Waals surface area contributed by atoms with Crippen LogP contribution in [0.1, 0.15) is 36.9 Å². The minimum absolute atomic E-state index is 0. The van der Waals surface area contributed by atoms with Gasteiger partial charge in [0, 0.05) is 37.4 Å². The van der Waals surface area contributed by atoms with Gasteiger partial charge in [-0.2, -0.15) is 0 Å². The van der Waals surface area contributed by atoms with Gasteiger partial charge in [-0.05, 0) is 6.42 Å². The fraction of sp³-hybridized carbons (Fsp3) is 0.667. The van der Waals surface area contributed by atoms with Gasteiger partial charge in [0.25, 0.3) is 0 Å². The Bertz CT molecular complexity index is 389. The minimum atomic E-state index is 0. The number of hydrogen-bond acceptors (Lipinski definition) is 5. The molecule has 2 N–H and O–H groups in total. The number of guanidine groups is 1. The molecular weight excluding hydrogens is 359 g/mol. The van der Waals surface area contributed by atoms with E-state index < -0.39 is 0 Å². The number of thiazole rings is 1. The van der Waals surface area contributed by atoms with Crippen molar-refractivity contribution in [3.8, 4) is 0 Å². The standard InChI is InChI=1S/C12H20N4S.HI/c1-9(2)11-16-10(8-17-11)4-7-15-12-13-5-3-6-14-12;/h8-9H,3-7H2,1-2H3,(H2,13,14,15);1H. The smallest absolute Gasteiger partial charge is 0.191 e. The quantitative estimate of drug-likeness (QED) is 0.789. The zero-order valence-corrected chi connectivity index (χ0v) is 14.0. The highest BCUT2D eigenvalue weighted by molar-refractivity contribution is 14.0. The molecule has 0 radical (unpaired) electrons. The highest BCUT2D eigenvalue weighted by Gasteiger charge is 2.06. The van der Waals surface area contributed by atoms with E-state index in [4.69, 9.17) is 0 Å². The van der Waals surface area contributed by atoms with E-state index in [9.17, 15) is 0 Å². The third-order valence-corrected chi connectivity index (χ3v) is 3.83. The molecule has 0 atom stereocenters. The van der Waals surface area contributed by atoms with Crippen molar-refractivity contribution < 1.29 is 0 Å². The summed E-state index contributed by atoms with van der Waals surface area (Å²) < 4.78 is 0. The van der Waals surface area contributed by atoms with Crippen molar-refractivity contribution in [2.75, 3.05) is 19.6 Å². The molecule has 0 amide bonds. The Labute approximate surface area is 130 Å². The zero-order chi connectivity index (χ0) is 12.1. The zero-order valence-electron chi connectivity index (χ0n) is 10.9. The Balaban J connectivity index is 0.00000162. The molecule has 102 valence electrons. The van der Waals surface area contributed by atoms with Crippen LogP contribution in [0, 0.1) is 0 Å². The summed E-state index contributed by atoms with van der Waals surface area (Å²) in [6.45, 7) is 7.22. The molecule has 6 heteroatoms. The average Bonchev–Trinajstić information content (AvgIpc) is 2.79. The van der Waals surface area contributed by atoms with E-state index in [2.05, 4.69) is 39.8 Å². The van der Waals surface area contributed by atoms with E-state index in [1.807, 2.05) is 0 Å². The van der Waals surface area contributed by atoms with Crippen LogP contribution in [0.15, 0.2) is 10.4 Å². The second-order valence-electron chi connectivity index (χ2n) is 4.52. The molecule has 0 unspecified atom stereocenters. The third kappa shape index (κ3) is 4.72. The van der Waals surface area contributed by atoms with Gasteiger partial charge >= 0.3 is 0 Å². The molecule has 18 heavy (non-hydrogen) atoms. The maximum absolute atomic E-state index is 4.61. The monoisotopic (exact) mass is 380 g/mol. The topological polar surface area (TPSA) is 49.3 Å². The van der Waals surface area contributed by atoms with E-state index in [1.54, 1.807) is 11.3 Å². The van der Waals surface area contributed by atoms with Crippen LogP contribution < -0.4 is 10.6 Å². The number of aliphatic imine (C=N–C) groups is 1. The van der Waals surface area contributed by atoms with Gasteiger partial charge in [-0.25, -0.2) is 4.98 Å². The van der Waals surface area contributed by atoms with Crippen LogP contribution in [0.3, 0.4) is 0 Å². The molecule has 0 aliphatic carbocycles. The molecule has 0 fully saturated rings. The number of rotatable bonds is 4. The fourth-order valence-corrected chi connectivity index (χ4v) is 2.53. The molecule has 1 aromatic heterocycles. The summed E-state index contributed by atoms with van der Waals surface area (Å²) in [7, 11) is 0. The number of nitrogens with one attached hydrogen (secondary N) is 2. The highest BCUT2D eigenvalue weighted by Crippen LogP contribution is 2.19. The van der Waals surface area contributed by atoms with Gasteiger partial charge in [0.15, 0.2) is 5.96 Å². The van der Waals surface area contributed by atoms with Crippen LogP contribution in [0.5, 0.6) is 0 Å². The van der Waals surface area contributed by atoms with Crippen molar-refractivity contribution in [2.24, 2.45) is 4.99 Å². The molecule has 4 nitrogen and oxygen atoms in total.